The zero-order valence-corrected chi connectivity index (χ0v) is 10.3. The molecule has 1 heterocycles. The van der Waals surface area contributed by atoms with Gasteiger partial charge in [0.2, 0.25) is 0 Å². The Morgan fingerprint density at radius 2 is 1.94 bits per heavy atom. The second-order valence-electron chi connectivity index (χ2n) is 4.30. The van der Waals surface area contributed by atoms with Crippen molar-refractivity contribution in [2.75, 3.05) is 6.61 Å². The van der Waals surface area contributed by atoms with Gasteiger partial charge in [0.05, 0.1) is 13.2 Å². The molecule has 0 saturated carbocycles. The molecule has 1 unspecified atom stereocenters. The molecule has 0 aliphatic carbocycles. The molecule has 0 aromatic heterocycles. The Kier molecular flexibility index (Phi) is 3.60. The van der Waals surface area contributed by atoms with Crippen molar-refractivity contribution in [2.45, 2.75) is 19.4 Å². The zero-order valence-electron chi connectivity index (χ0n) is 10.3. The lowest BCUT2D eigenvalue weighted by atomic mass is 9.86. The molecular formula is C16H18O. The summed E-state index contributed by atoms with van der Waals surface area (Å²) in [6.45, 7) is 11.3. The third kappa shape index (κ3) is 2.25. The van der Waals surface area contributed by atoms with E-state index in [2.05, 4.69) is 44.3 Å². The molecule has 1 heteroatoms. The van der Waals surface area contributed by atoms with Crippen LogP contribution in [0.25, 0.3) is 0 Å². The molecule has 0 radical (unpaired) electrons. The lowest BCUT2D eigenvalue weighted by Gasteiger charge is -2.23. The molecule has 1 aromatic carbocycles. The molecule has 88 valence electrons. The van der Waals surface area contributed by atoms with Crippen LogP contribution < -0.4 is 0 Å². The average Bonchev–Trinajstić information content (AvgIpc) is 2.36. The van der Waals surface area contributed by atoms with Gasteiger partial charge in [-0.1, -0.05) is 56.5 Å². The lowest BCUT2D eigenvalue weighted by Crippen LogP contribution is -2.11. The van der Waals surface area contributed by atoms with E-state index >= 15 is 0 Å². The predicted octanol–water partition coefficient (Wildman–Crippen LogP) is 3.99. The van der Waals surface area contributed by atoms with Crippen LogP contribution >= 0.6 is 0 Å². The van der Waals surface area contributed by atoms with Crippen LogP contribution in [0.4, 0.5) is 0 Å². The first-order valence-electron chi connectivity index (χ1n) is 5.91. The third-order valence-corrected chi connectivity index (χ3v) is 3.34. The maximum atomic E-state index is 5.71. The van der Waals surface area contributed by atoms with E-state index in [4.69, 9.17) is 4.74 Å². The normalized spacial score (nSPS) is 24.4. The number of fused-ring (bicyclic) bond motifs is 1. The zero-order chi connectivity index (χ0) is 12.3. The molecule has 1 aliphatic heterocycles. The molecule has 0 N–H and O–H groups in total. The van der Waals surface area contributed by atoms with E-state index in [0.29, 0.717) is 19.1 Å². The number of allylic oxidation sites excluding steroid dienone is 2. The number of rotatable bonds is 2. The summed E-state index contributed by atoms with van der Waals surface area (Å²) in [7, 11) is 0. The fraction of sp³-hybridized carbons (Fsp3) is 0.250. The van der Waals surface area contributed by atoms with Crippen LogP contribution in [0.1, 0.15) is 24.0 Å². The van der Waals surface area contributed by atoms with Crippen molar-refractivity contribution in [1.29, 1.82) is 0 Å². The van der Waals surface area contributed by atoms with E-state index in [1.807, 2.05) is 12.2 Å². The Morgan fingerprint density at radius 3 is 2.65 bits per heavy atom. The highest BCUT2D eigenvalue weighted by Gasteiger charge is 2.18. The quantitative estimate of drug-likeness (QED) is 0.741. The second-order valence-corrected chi connectivity index (χ2v) is 4.30. The first-order valence-corrected chi connectivity index (χ1v) is 5.91. The number of ether oxygens (including phenoxy) is 1. The highest BCUT2D eigenvalue weighted by atomic mass is 16.5. The number of hydrogen-bond acceptors (Lipinski definition) is 1. The second kappa shape index (κ2) is 5.15. The largest absolute Gasteiger partial charge is 0.372 e. The molecule has 1 atom stereocenters. The summed E-state index contributed by atoms with van der Waals surface area (Å²) in [5.74, 6) is 0.348. The first-order chi connectivity index (χ1) is 8.27. The fourth-order valence-corrected chi connectivity index (χ4v) is 2.37. The monoisotopic (exact) mass is 226 g/mol. The van der Waals surface area contributed by atoms with E-state index in [1.165, 1.54) is 16.7 Å². The summed E-state index contributed by atoms with van der Waals surface area (Å²) in [5.41, 5.74) is 4.94. The van der Waals surface area contributed by atoms with E-state index in [0.717, 1.165) is 5.57 Å². The van der Waals surface area contributed by atoms with Gasteiger partial charge in [-0.2, -0.15) is 0 Å². The van der Waals surface area contributed by atoms with Crippen molar-refractivity contribution < 1.29 is 4.74 Å². The molecular weight excluding hydrogens is 208 g/mol. The maximum Gasteiger partial charge on any atom is 0.0724 e. The molecule has 0 saturated heterocycles. The van der Waals surface area contributed by atoms with Crippen molar-refractivity contribution in [1.82, 2.24) is 0 Å². The first kappa shape index (κ1) is 11.9. The van der Waals surface area contributed by atoms with Crippen LogP contribution in [-0.4, -0.2) is 6.61 Å². The SMILES string of the molecule is C=C/C1=C(\C=C)C(C)c2ccccc2COC1. The molecule has 0 fully saturated rings. The van der Waals surface area contributed by atoms with Gasteiger partial charge in [0.1, 0.15) is 0 Å². The van der Waals surface area contributed by atoms with Crippen molar-refractivity contribution in [3.63, 3.8) is 0 Å². The van der Waals surface area contributed by atoms with Crippen molar-refractivity contribution in [3.8, 4) is 0 Å². The van der Waals surface area contributed by atoms with Gasteiger partial charge in [0.15, 0.2) is 0 Å². The van der Waals surface area contributed by atoms with Crippen LogP contribution in [-0.2, 0) is 11.3 Å². The highest BCUT2D eigenvalue weighted by Crippen LogP contribution is 2.32. The van der Waals surface area contributed by atoms with E-state index < -0.39 is 0 Å². The molecule has 0 spiro atoms. The summed E-state index contributed by atoms with van der Waals surface area (Å²) in [4.78, 5) is 0. The molecule has 0 amide bonds. The Labute approximate surface area is 103 Å². The van der Waals surface area contributed by atoms with Gasteiger partial charge in [0, 0.05) is 5.92 Å². The maximum absolute atomic E-state index is 5.71. The standard InChI is InChI=1S/C16H18O/c1-4-13-10-17-11-14-8-6-7-9-16(14)12(3)15(13)5-2/h4-9,12H,1-2,10-11H2,3H3/b15-13-. The van der Waals surface area contributed by atoms with Crippen LogP contribution in [0, 0.1) is 0 Å². The fourth-order valence-electron chi connectivity index (χ4n) is 2.37. The third-order valence-electron chi connectivity index (χ3n) is 3.34. The lowest BCUT2D eigenvalue weighted by molar-refractivity contribution is 0.141. The molecule has 1 aliphatic rings. The van der Waals surface area contributed by atoms with Crippen molar-refractivity contribution >= 4 is 0 Å². The predicted molar refractivity (Wildman–Crippen MR) is 71.9 cm³/mol. The van der Waals surface area contributed by atoms with Gasteiger partial charge in [-0.25, -0.2) is 0 Å². The molecule has 1 nitrogen and oxygen atoms in total. The summed E-state index contributed by atoms with van der Waals surface area (Å²) in [6.07, 6.45) is 3.80. The minimum Gasteiger partial charge on any atom is -0.372 e. The van der Waals surface area contributed by atoms with E-state index in [-0.39, 0.29) is 0 Å². The van der Waals surface area contributed by atoms with Crippen molar-refractivity contribution in [2.24, 2.45) is 0 Å². The highest BCUT2D eigenvalue weighted by molar-refractivity contribution is 5.44. The van der Waals surface area contributed by atoms with Crippen LogP contribution in [0.5, 0.6) is 0 Å². The van der Waals surface area contributed by atoms with Crippen LogP contribution in [0.3, 0.4) is 0 Å². The minimum absolute atomic E-state index is 0.348. The van der Waals surface area contributed by atoms with Gasteiger partial charge in [-0.3, -0.25) is 0 Å². The van der Waals surface area contributed by atoms with Crippen LogP contribution in [0.15, 0.2) is 60.7 Å². The summed E-state index contributed by atoms with van der Waals surface area (Å²) in [6, 6.07) is 8.43. The van der Waals surface area contributed by atoms with Crippen molar-refractivity contribution in [3.05, 3.63) is 71.8 Å². The van der Waals surface area contributed by atoms with Gasteiger partial charge in [-0.05, 0) is 22.3 Å². The molecule has 2 rings (SSSR count). The van der Waals surface area contributed by atoms with Gasteiger partial charge in [-0.15, -0.1) is 0 Å². The van der Waals surface area contributed by atoms with Gasteiger partial charge in [0.25, 0.3) is 0 Å². The van der Waals surface area contributed by atoms with Crippen LogP contribution in [0.2, 0.25) is 0 Å². The molecule has 1 aromatic rings. The smallest absolute Gasteiger partial charge is 0.0724 e. The minimum atomic E-state index is 0.348. The van der Waals surface area contributed by atoms with Gasteiger partial charge < -0.3 is 4.74 Å². The van der Waals surface area contributed by atoms with E-state index in [1.54, 1.807) is 0 Å². The molecule has 0 bridgehead atoms. The topological polar surface area (TPSA) is 9.23 Å². The van der Waals surface area contributed by atoms with E-state index in [9.17, 15) is 0 Å². The average molecular weight is 226 g/mol. The number of benzene rings is 1. The summed E-state index contributed by atoms with van der Waals surface area (Å²) in [5, 5.41) is 0. The summed E-state index contributed by atoms with van der Waals surface area (Å²) < 4.78 is 5.71. The Bertz CT molecular complexity index is 468. The summed E-state index contributed by atoms with van der Waals surface area (Å²) >= 11 is 0. The number of hydrogen-bond donors (Lipinski definition) is 0. The molecule has 17 heavy (non-hydrogen) atoms. The Balaban J connectivity index is 2.54. The Hall–Kier alpha value is -1.60. The Morgan fingerprint density at radius 1 is 1.18 bits per heavy atom. The van der Waals surface area contributed by atoms with Gasteiger partial charge >= 0.3 is 0 Å².